The van der Waals surface area contributed by atoms with Gasteiger partial charge in [0.05, 0.1) is 18.4 Å². The van der Waals surface area contributed by atoms with Crippen molar-refractivity contribution in [2.75, 3.05) is 19.0 Å². The molecule has 3 N–H and O–H groups in total. The summed E-state index contributed by atoms with van der Waals surface area (Å²) in [6.45, 7) is 6.17. The molecule has 0 aliphatic carbocycles. The van der Waals surface area contributed by atoms with Crippen LogP contribution in [-0.4, -0.2) is 35.9 Å². The zero-order valence-electron chi connectivity index (χ0n) is 12.4. The Labute approximate surface area is 119 Å². The Morgan fingerprint density at radius 2 is 2.05 bits per heavy atom. The molecule has 20 heavy (non-hydrogen) atoms. The number of aliphatic hydroxyl groups excluding tert-OH is 1. The third-order valence-corrected chi connectivity index (χ3v) is 3.25. The molecule has 1 rings (SSSR count). The number of carboxylic acids is 1. The summed E-state index contributed by atoms with van der Waals surface area (Å²) in [5, 5.41) is 21.6. The second kappa shape index (κ2) is 6.61. The van der Waals surface area contributed by atoms with E-state index in [1.165, 1.54) is 13.2 Å². The quantitative estimate of drug-likeness (QED) is 0.747. The van der Waals surface area contributed by atoms with Crippen molar-refractivity contribution in [3.63, 3.8) is 0 Å². The van der Waals surface area contributed by atoms with E-state index in [0.29, 0.717) is 17.9 Å². The molecule has 0 radical (unpaired) electrons. The van der Waals surface area contributed by atoms with Gasteiger partial charge in [-0.15, -0.1) is 0 Å². The SMILES string of the molecule is COc1ccc(C(=O)O)c(NC(CCO)C(C)(C)C)c1. The van der Waals surface area contributed by atoms with Crippen LogP contribution in [0.15, 0.2) is 18.2 Å². The van der Waals surface area contributed by atoms with E-state index in [-0.39, 0.29) is 23.6 Å². The standard InChI is InChI=1S/C15H23NO4/c1-15(2,3)13(7-8-17)16-12-9-10(20-4)5-6-11(12)14(18)19/h5-6,9,13,16-17H,7-8H2,1-4H3,(H,18,19). The molecule has 0 heterocycles. The largest absolute Gasteiger partial charge is 0.497 e. The highest BCUT2D eigenvalue weighted by atomic mass is 16.5. The van der Waals surface area contributed by atoms with E-state index in [4.69, 9.17) is 4.74 Å². The topological polar surface area (TPSA) is 78.8 Å². The van der Waals surface area contributed by atoms with Crippen molar-refractivity contribution in [3.8, 4) is 5.75 Å². The lowest BCUT2D eigenvalue weighted by Gasteiger charge is -2.32. The van der Waals surface area contributed by atoms with E-state index < -0.39 is 5.97 Å². The predicted molar refractivity (Wildman–Crippen MR) is 78.5 cm³/mol. The Morgan fingerprint density at radius 3 is 2.50 bits per heavy atom. The molecule has 5 heteroatoms. The van der Waals surface area contributed by atoms with Gasteiger partial charge in [-0.3, -0.25) is 0 Å². The molecule has 0 aliphatic heterocycles. The lowest BCUT2D eigenvalue weighted by Crippen LogP contribution is -2.35. The highest BCUT2D eigenvalue weighted by molar-refractivity contribution is 5.94. The molecule has 112 valence electrons. The summed E-state index contributed by atoms with van der Waals surface area (Å²) in [4.78, 5) is 11.3. The molecule has 0 fully saturated rings. The smallest absolute Gasteiger partial charge is 0.337 e. The van der Waals surface area contributed by atoms with Crippen molar-refractivity contribution in [1.82, 2.24) is 0 Å². The van der Waals surface area contributed by atoms with E-state index in [0.717, 1.165) is 0 Å². The van der Waals surface area contributed by atoms with Crippen LogP contribution in [0, 0.1) is 5.41 Å². The Morgan fingerprint density at radius 1 is 1.40 bits per heavy atom. The van der Waals surface area contributed by atoms with E-state index in [2.05, 4.69) is 5.32 Å². The first-order valence-corrected chi connectivity index (χ1v) is 6.58. The maximum absolute atomic E-state index is 11.3. The molecule has 0 amide bonds. The van der Waals surface area contributed by atoms with Crippen molar-refractivity contribution in [1.29, 1.82) is 0 Å². The molecule has 0 saturated heterocycles. The van der Waals surface area contributed by atoms with Gasteiger partial charge in [-0.1, -0.05) is 20.8 Å². The summed E-state index contributed by atoms with van der Waals surface area (Å²) in [5.74, 6) is -0.402. The molecule has 0 aliphatic rings. The first-order chi connectivity index (χ1) is 9.29. The van der Waals surface area contributed by atoms with Crippen LogP contribution in [0.4, 0.5) is 5.69 Å². The van der Waals surface area contributed by atoms with Gasteiger partial charge >= 0.3 is 5.97 Å². The summed E-state index contributed by atoms with van der Waals surface area (Å²) in [5.41, 5.74) is 0.588. The third kappa shape index (κ3) is 4.13. The normalized spacial score (nSPS) is 12.8. The number of hydrogen-bond donors (Lipinski definition) is 3. The molecule has 0 aromatic heterocycles. The van der Waals surface area contributed by atoms with Crippen molar-refractivity contribution in [2.24, 2.45) is 5.41 Å². The second-order valence-corrected chi connectivity index (χ2v) is 5.79. The highest BCUT2D eigenvalue weighted by Crippen LogP contribution is 2.29. The van der Waals surface area contributed by atoms with Gasteiger partial charge in [-0.25, -0.2) is 4.79 Å². The average Bonchev–Trinajstić information content (AvgIpc) is 2.36. The lowest BCUT2D eigenvalue weighted by atomic mass is 9.84. The first kappa shape index (κ1) is 16.3. The molecule has 0 spiro atoms. The van der Waals surface area contributed by atoms with Gasteiger partial charge in [-0.05, 0) is 24.0 Å². The number of benzene rings is 1. The fourth-order valence-corrected chi connectivity index (χ4v) is 1.99. The summed E-state index contributed by atoms with van der Waals surface area (Å²) in [7, 11) is 1.54. The summed E-state index contributed by atoms with van der Waals surface area (Å²) < 4.78 is 5.13. The summed E-state index contributed by atoms with van der Waals surface area (Å²) in [6.07, 6.45) is 0.541. The van der Waals surface area contributed by atoms with Crippen molar-refractivity contribution in [3.05, 3.63) is 23.8 Å². The molecule has 1 atom stereocenters. The van der Waals surface area contributed by atoms with Crippen LogP contribution in [0.2, 0.25) is 0 Å². The molecule has 1 aromatic rings. The minimum Gasteiger partial charge on any atom is -0.497 e. The Balaban J connectivity index is 3.12. The predicted octanol–water partition coefficient (Wildman–Crippen LogP) is 2.60. The number of ether oxygens (including phenoxy) is 1. The minimum absolute atomic E-state index is 0.0430. The number of rotatable bonds is 6. The van der Waals surface area contributed by atoms with Crippen LogP contribution < -0.4 is 10.1 Å². The van der Waals surface area contributed by atoms with Crippen molar-refractivity contribution >= 4 is 11.7 Å². The zero-order chi connectivity index (χ0) is 15.3. The van der Waals surface area contributed by atoms with Crippen molar-refractivity contribution in [2.45, 2.75) is 33.2 Å². The summed E-state index contributed by atoms with van der Waals surface area (Å²) >= 11 is 0. The zero-order valence-corrected chi connectivity index (χ0v) is 12.4. The number of aromatic carboxylic acids is 1. The fraction of sp³-hybridized carbons (Fsp3) is 0.533. The van der Waals surface area contributed by atoms with Crippen LogP contribution >= 0.6 is 0 Å². The van der Waals surface area contributed by atoms with E-state index in [1.807, 2.05) is 20.8 Å². The summed E-state index contributed by atoms with van der Waals surface area (Å²) in [6, 6.07) is 4.76. The Hall–Kier alpha value is -1.75. The van der Waals surface area contributed by atoms with Gasteiger partial charge in [0.2, 0.25) is 0 Å². The number of anilines is 1. The number of methoxy groups -OCH3 is 1. The average molecular weight is 281 g/mol. The Kier molecular flexibility index (Phi) is 5.39. The van der Waals surface area contributed by atoms with Gasteiger partial charge in [0.25, 0.3) is 0 Å². The van der Waals surface area contributed by atoms with Gasteiger partial charge in [0.15, 0.2) is 0 Å². The first-order valence-electron chi connectivity index (χ1n) is 6.58. The number of carboxylic acid groups (broad SMARTS) is 1. The molecular formula is C15H23NO4. The molecule has 5 nitrogen and oxygen atoms in total. The van der Waals surface area contributed by atoms with Gasteiger partial charge in [-0.2, -0.15) is 0 Å². The number of hydrogen-bond acceptors (Lipinski definition) is 4. The molecule has 0 bridgehead atoms. The van der Waals surface area contributed by atoms with Crippen LogP contribution in [0.1, 0.15) is 37.6 Å². The fourth-order valence-electron chi connectivity index (χ4n) is 1.99. The molecule has 1 unspecified atom stereocenters. The number of nitrogens with one attached hydrogen (secondary N) is 1. The van der Waals surface area contributed by atoms with Crippen LogP contribution in [0.25, 0.3) is 0 Å². The third-order valence-electron chi connectivity index (χ3n) is 3.25. The lowest BCUT2D eigenvalue weighted by molar-refractivity contribution is 0.0697. The minimum atomic E-state index is -0.994. The van der Waals surface area contributed by atoms with E-state index >= 15 is 0 Å². The van der Waals surface area contributed by atoms with Crippen LogP contribution in [0.3, 0.4) is 0 Å². The van der Waals surface area contributed by atoms with Crippen molar-refractivity contribution < 1.29 is 19.7 Å². The van der Waals surface area contributed by atoms with Crippen LogP contribution in [0.5, 0.6) is 5.75 Å². The second-order valence-electron chi connectivity index (χ2n) is 5.79. The molecule has 1 aromatic carbocycles. The number of carbonyl (C=O) groups is 1. The molecular weight excluding hydrogens is 258 g/mol. The van der Waals surface area contributed by atoms with E-state index in [9.17, 15) is 15.0 Å². The van der Waals surface area contributed by atoms with Gasteiger partial charge in [0, 0.05) is 18.7 Å². The van der Waals surface area contributed by atoms with Gasteiger partial charge in [0.1, 0.15) is 5.75 Å². The maximum atomic E-state index is 11.3. The maximum Gasteiger partial charge on any atom is 0.337 e. The molecule has 0 saturated carbocycles. The van der Waals surface area contributed by atoms with E-state index in [1.54, 1.807) is 12.1 Å². The van der Waals surface area contributed by atoms with Gasteiger partial charge < -0.3 is 20.3 Å². The Bertz CT molecular complexity index is 465. The number of aliphatic hydroxyl groups is 1. The van der Waals surface area contributed by atoms with Crippen LogP contribution in [-0.2, 0) is 0 Å². The monoisotopic (exact) mass is 281 g/mol. The highest BCUT2D eigenvalue weighted by Gasteiger charge is 2.25.